The van der Waals surface area contributed by atoms with Crippen LogP contribution in [0.15, 0.2) is 12.1 Å². The third kappa shape index (κ3) is 4.19. The lowest BCUT2D eigenvalue weighted by Gasteiger charge is -2.10. The molecule has 0 amide bonds. The van der Waals surface area contributed by atoms with Crippen LogP contribution in [-0.2, 0) is 4.57 Å². The predicted octanol–water partition coefficient (Wildman–Crippen LogP) is 3.16. The van der Waals surface area contributed by atoms with Crippen molar-refractivity contribution in [3.05, 3.63) is 27.2 Å². The van der Waals surface area contributed by atoms with Crippen molar-refractivity contribution in [2.24, 2.45) is 0 Å². The molecule has 0 spiro atoms. The van der Waals surface area contributed by atoms with Crippen molar-refractivity contribution in [3.8, 4) is 5.75 Å². The first-order valence-electron chi connectivity index (χ1n) is 3.61. The Morgan fingerprint density at radius 2 is 1.67 bits per heavy atom. The fraction of sp³-hybridized carbons (Fsp3) is 0.143. The monoisotopic (exact) mass is 290 g/mol. The highest BCUT2D eigenvalue weighted by Crippen LogP contribution is 2.40. The van der Waals surface area contributed by atoms with Crippen molar-refractivity contribution in [1.29, 1.82) is 0 Å². The Hall–Kier alpha value is 0.0400. The van der Waals surface area contributed by atoms with Gasteiger partial charge in [0.05, 0.1) is 10.0 Å². The number of hydrogen-bond acceptors (Lipinski definition) is 2. The molecular weight excluding hydrogens is 285 g/mol. The van der Waals surface area contributed by atoms with Gasteiger partial charge in [0, 0.05) is 5.02 Å². The van der Waals surface area contributed by atoms with Crippen LogP contribution >= 0.6 is 42.4 Å². The van der Waals surface area contributed by atoms with Crippen LogP contribution in [0.3, 0.4) is 0 Å². The molecule has 0 atom stereocenters. The molecule has 0 aliphatic heterocycles. The van der Waals surface area contributed by atoms with Crippen molar-refractivity contribution in [2.75, 3.05) is 6.35 Å². The van der Waals surface area contributed by atoms with E-state index >= 15 is 0 Å². The Bertz CT molecular complexity index is 394. The van der Waals surface area contributed by atoms with Gasteiger partial charge in [-0.1, -0.05) is 34.8 Å². The molecule has 1 rings (SSSR count). The van der Waals surface area contributed by atoms with E-state index in [1.165, 1.54) is 12.1 Å². The summed E-state index contributed by atoms with van der Waals surface area (Å²) in [5.41, 5.74) is 0. The molecule has 0 aromatic heterocycles. The second-order valence-electron chi connectivity index (χ2n) is 2.64. The summed E-state index contributed by atoms with van der Waals surface area (Å²) < 4.78 is 15.4. The van der Waals surface area contributed by atoms with Gasteiger partial charge in [-0.2, -0.15) is 0 Å². The molecule has 15 heavy (non-hydrogen) atoms. The van der Waals surface area contributed by atoms with Crippen LogP contribution in [0.5, 0.6) is 5.75 Å². The fourth-order valence-corrected chi connectivity index (χ4v) is 2.04. The summed E-state index contributed by atoms with van der Waals surface area (Å²) in [5.74, 6) is 0.00561. The highest BCUT2D eigenvalue weighted by atomic mass is 35.5. The Morgan fingerprint density at radius 1 is 1.20 bits per heavy atom. The van der Waals surface area contributed by atoms with E-state index < -0.39 is 13.9 Å². The van der Waals surface area contributed by atoms with E-state index in [-0.39, 0.29) is 15.8 Å². The van der Waals surface area contributed by atoms with Crippen molar-refractivity contribution < 1.29 is 19.1 Å². The maximum Gasteiger partial charge on any atom is 0.362 e. The maximum atomic E-state index is 10.6. The maximum absolute atomic E-state index is 10.6. The first-order valence-corrected chi connectivity index (χ1v) is 6.54. The van der Waals surface area contributed by atoms with Crippen LogP contribution in [0.25, 0.3) is 0 Å². The van der Waals surface area contributed by atoms with Crippen molar-refractivity contribution in [3.63, 3.8) is 0 Å². The van der Waals surface area contributed by atoms with E-state index in [9.17, 15) is 4.57 Å². The van der Waals surface area contributed by atoms with E-state index in [0.29, 0.717) is 5.02 Å². The topological polar surface area (TPSA) is 66.8 Å². The molecule has 0 aliphatic rings. The summed E-state index contributed by atoms with van der Waals surface area (Å²) in [4.78, 5) is 17.2. The molecule has 0 fully saturated rings. The number of ether oxygens (including phenoxy) is 1. The minimum Gasteiger partial charge on any atom is -0.478 e. The van der Waals surface area contributed by atoms with Crippen LogP contribution in [-0.4, -0.2) is 16.1 Å². The van der Waals surface area contributed by atoms with E-state index in [2.05, 4.69) is 0 Å². The van der Waals surface area contributed by atoms with Gasteiger partial charge in [0.1, 0.15) is 0 Å². The van der Waals surface area contributed by atoms with Crippen LogP contribution in [0, 0.1) is 0 Å². The summed E-state index contributed by atoms with van der Waals surface area (Å²) in [6, 6.07) is 2.73. The van der Waals surface area contributed by atoms with Crippen LogP contribution < -0.4 is 4.74 Å². The van der Waals surface area contributed by atoms with Gasteiger partial charge in [0.15, 0.2) is 12.1 Å². The predicted molar refractivity (Wildman–Crippen MR) is 59.0 cm³/mol. The zero-order valence-corrected chi connectivity index (χ0v) is 10.3. The molecular formula is C7H6Cl3O4P. The lowest BCUT2D eigenvalue weighted by molar-refractivity contribution is 0.301. The van der Waals surface area contributed by atoms with E-state index in [1.807, 2.05) is 0 Å². The molecule has 0 aliphatic carbocycles. The third-order valence-corrected chi connectivity index (χ3v) is 2.59. The molecule has 4 nitrogen and oxygen atoms in total. The third-order valence-electron chi connectivity index (χ3n) is 1.34. The second kappa shape index (κ2) is 4.91. The Labute approximate surface area is 101 Å². The molecule has 0 heterocycles. The normalized spacial score (nSPS) is 11.5. The lowest BCUT2D eigenvalue weighted by atomic mass is 10.3. The van der Waals surface area contributed by atoms with Crippen molar-refractivity contribution in [1.82, 2.24) is 0 Å². The standard InChI is InChI=1S/C7H6Cl3O4P/c8-4-1-5(9)7(6(10)2-4)14-3-15(11,12)13/h1-2H,3H2,(H2,11,12,13). The molecule has 2 N–H and O–H groups in total. The summed E-state index contributed by atoms with van der Waals surface area (Å²) >= 11 is 17.1. The van der Waals surface area contributed by atoms with E-state index in [4.69, 9.17) is 49.3 Å². The first kappa shape index (κ1) is 13.1. The summed E-state index contributed by atoms with van der Waals surface area (Å²) in [6.07, 6.45) is -0.784. The molecule has 84 valence electrons. The molecule has 0 unspecified atom stereocenters. The van der Waals surface area contributed by atoms with Gasteiger partial charge in [-0.15, -0.1) is 0 Å². The van der Waals surface area contributed by atoms with Crippen molar-refractivity contribution >= 4 is 42.4 Å². The highest BCUT2D eigenvalue weighted by molar-refractivity contribution is 7.51. The Kier molecular flexibility index (Phi) is 4.29. The molecule has 0 saturated carbocycles. The Morgan fingerprint density at radius 3 is 2.07 bits per heavy atom. The van der Waals surface area contributed by atoms with Crippen LogP contribution in [0.4, 0.5) is 0 Å². The zero-order chi connectivity index (χ0) is 11.6. The summed E-state index contributed by atoms with van der Waals surface area (Å²) in [5, 5.41) is 0.510. The van der Waals surface area contributed by atoms with Crippen LogP contribution in [0.2, 0.25) is 15.1 Å². The summed E-state index contributed by atoms with van der Waals surface area (Å²) in [6.45, 7) is 0. The zero-order valence-electron chi connectivity index (χ0n) is 7.15. The largest absolute Gasteiger partial charge is 0.478 e. The molecule has 0 radical (unpaired) electrons. The number of halogens is 3. The van der Waals surface area contributed by atoms with Gasteiger partial charge in [-0.3, -0.25) is 4.57 Å². The van der Waals surface area contributed by atoms with Gasteiger partial charge >= 0.3 is 7.60 Å². The SMILES string of the molecule is O=P(O)(O)COc1c(Cl)cc(Cl)cc1Cl. The van der Waals surface area contributed by atoms with Gasteiger partial charge < -0.3 is 14.5 Å². The molecule has 0 saturated heterocycles. The Balaban J connectivity index is 2.91. The van der Waals surface area contributed by atoms with E-state index in [1.54, 1.807) is 0 Å². The first-order chi connectivity index (χ1) is 6.79. The van der Waals surface area contributed by atoms with Gasteiger partial charge in [0.25, 0.3) is 0 Å². The minimum atomic E-state index is -4.26. The summed E-state index contributed by atoms with van der Waals surface area (Å²) in [7, 11) is -4.26. The quantitative estimate of drug-likeness (QED) is 0.840. The molecule has 8 heteroatoms. The van der Waals surface area contributed by atoms with Gasteiger partial charge in [-0.05, 0) is 12.1 Å². The number of rotatable bonds is 3. The second-order valence-corrected chi connectivity index (χ2v) is 5.48. The fourth-order valence-electron chi connectivity index (χ4n) is 0.815. The highest BCUT2D eigenvalue weighted by Gasteiger charge is 2.17. The van der Waals surface area contributed by atoms with Crippen LogP contribution in [0.1, 0.15) is 0 Å². The average Bonchev–Trinajstić information content (AvgIpc) is 1.99. The number of benzene rings is 1. The molecule has 1 aromatic rings. The number of hydrogen-bond donors (Lipinski definition) is 2. The smallest absolute Gasteiger partial charge is 0.362 e. The van der Waals surface area contributed by atoms with Crippen molar-refractivity contribution in [2.45, 2.75) is 0 Å². The van der Waals surface area contributed by atoms with Gasteiger partial charge in [0.2, 0.25) is 0 Å². The molecule has 1 aromatic carbocycles. The van der Waals surface area contributed by atoms with Gasteiger partial charge in [-0.25, -0.2) is 0 Å². The van der Waals surface area contributed by atoms with E-state index in [0.717, 1.165) is 0 Å². The average molecular weight is 291 g/mol. The lowest BCUT2D eigenvalue weighted by Crippen LogP contribution is -1.99. The minimum absolute atomic E-state index is 0.00561. The molecule has 0 bridgehead atoms.